The molecule has 2 aromatic rings. The highest BCUT2D eigenvalue weighted by atomic mass is 35.5. The van der Waals surface area contributed by atoms with E-state index in [1.807, 2.05) is 17.5 Å². The van der Waals surface area contributed by atoms with Gasteiger partial charge in [0.05, 0.1) is 19.2 Å². The minimum absolute atomic E-state index is 0.0704. The summed E-state index contributed by atoms with van der Waals surface area (Å²) in [5, 5.41) is 5.28. The van der Waals surface area contributed by atoms with Crippen LogP contribution in [0.5, 0.6) is 5.75 Å². The van der Waals surface area contributed by atoms with Crippen molar-refractivity contribution in [1.29, 1.82) is 0 Å². The smallest absolute Gasteiger partial charge is 0.225 e. The van der Waals surface area contributed by atoms with Crippen LogP contribution in [0.15, 0.2) is 35.7 Å². The summed E-state index contributed by atoms with van der Waals surface area (Å²) in [4.78, 5) is 26.4. The Morgan fingerprint density at radius 3 is 2.75 bits per heavy atom. The van der Waals surface area contributed by atoms with Crippen LogP contribution in [0.1, 0.15) is 11.8 Å². The lowest BCUT2D eigenvalue weighted by Gasteiger charge is -2.23. The summed E-state index contributed by atoms with van der Waals surface area (Å²) in [5.41, 5.74) is 0.588. The normalized spacial score (nSPS) is 10.3. The van der Waals surface area contributed by atoms with Gasteiger partial charge in [0.1, 0.15) is 5.75 Å². The van der Waals surface area contributed by atoms with E-state index in [-0.39, 0.29) is 11.8 Å². The van der Waals surface area contributed by atoms with E-state index in [1.54, 1.807) is 29.5 Å². The summed E-state index contributed by atoms with van der Waals surface area (Å²) in [6, 6.07) is 8.92. The lowest BCUT2D eigenvalue weighted by atomic mass is 10.2. The molecule has 0 aliphatic carbocycles. The molecule has 7 heteroatoms. The molecule has 0 unspecified atom stereocenters. The van der Waals surface area contributed by atoms with Gasteiger partial charge < -0.3 is 15.0 Å². The monoisotopic (exact) mass is 366 g/mol. The molecule has 0 saturated carbocycles. The predicted octanol–water partition coefficient (Wildman–Crippen LogP) is 3.12. The van der Waals surface area contributed by atoms with Crippen LogP contribution in [0.3, 0.4) is 0 Å². The van der Waals surface area contributed by atoms with Gasteiger partial charge in [-0.3, -0.25) is 9.59 Å². The van der Waals surface area contributed by atoms with Gasteiger partial charge in [0, 0.05) is 29.9 Å². The molecule has 0 atom stereocenters. The molecule has 0 radical (unpaired) electrons. The van der Waals surface area contributed by atoms with Crippen molar-refractivity contribution in [3.8, 4) is 5.75 Å². The number of carbonyl (C=O) groups is 2. The third-order valence-electron chi connectivity index (χ3n) is 3.38. The Morgan fingerprint density at radius 1 is 1.33 bits per heavy atom. The second kappa shape index (κ2) is 8.70. The van der Waals surface area contributed by atoms with Crippen LogP contribution in [-0.2, 0) is 16.0 Å². The molecule has 0 saturated heterocycles. The Bertz CT molecular complexity index is 704. The highest BCUT2D eigenvalue weighted by molar-refractivity contribution is 7.10. The molecule has 1 aromatic heterocycles. The summed E-state index contributed by atoms with van der Waals surface area (Å²) < 4.78 is 5.29. The fraction of sp³-hybridized carbons (Fsp3) is 0.294. The number of hydrogen-bond acceptors (Lipinski definition) is 4. The number of hydrogen-bond donors (Lipinski definition) is 1. The van der Waals surface area contributed by atoms with Gasteiger partial charge in [-0.1, -0.05) is 17.7 Å². The van der Waals surface area contributed by atoms with Gasteiger partial charge >= 0.3 is 0 Å². The van der Waals surface area contributed by atoms with E-state index < -0.39 is 0 Å². The number of ether oxygens (including phenoxy) is 1. The van der Waals surface area contributed by atoms with Crippen molar-refractivity contribution in [2.45, 2.75) is 13.3 Å². The molecule has 0 bridgehead atoms. The second-order valence-electron chi connectivity index (χ2n) is 5.09. The number of amides is 2. The summed E-state index contributed by atoms with van der Waals surface area (Å²) >= 11 is 7.57. The molecular weight excluding hydrogens is 348 g/mol. The van der Waals surface area contributed by atoms with E-state index in [9.17, 15) is 9.59 Å². The zero-order chi connectivity index (χ0) is 17.5. The van der Waals surface area contributed by atoms with Gasteiger partial charge in [0.15, 0.2) is 0 Å². The molecule has 1 N–H and O–H groups in total. The molecule has 0 aliphatic rings. The topological polar surface area (TPSA) is 58.6 Å². The lowest BCUT2D eigenvalue weighted by molar-refractivity contribution is -0.120. The van der Waals surface area contributed by atoms with E-state index in [0.717, 1.165) is 4.88 Å². The number of halogens is 1. The largest absolute Gasteiger partial charge is 0.495 e. The number of nitrogens with zero attached hydrogens (tertiary/aromatic N) is 1. The maximum atomic E-state index is 12.0. The Balaban J connectivity index is 1.98. The van der Waals surface area contributed by atoms with Crippen molar-refractivity contribution < 1.29 is 14.3 Å². The van der Waals surface area contributed by atoms with Gasteiger partial charge in [-0.2, -0.15) is 0 Å². The number of rotatable bonds is 7. The summed E-state index contributed by atoms with van der Waals surface area (Å²) in [6.07, 6.45) is 0.345. The zero-order valence-corrected chi connectivity index (χ0v) is 15.1. The Hall–Kier alpha value is -2.05. The molecule has 0 aliphatic heterocycles. The van der Waals surface area contributed by atoms with Crippen molar-refractivity contribution in [2.75, 3.05) is 25.1 Å². The van der Waals surface area contributed by atoms with E-state index in [1.165, 1.54) is 18.9 Å². The SMILES string of the molecule is COc1ccc(Cl)cc1N(CCNC(=O)Cc1cccs1)C(C)=O. The summed E-state index contributed by atoms with van der Waals surface area (Å²) in [6.45, 7) is 2.15. The quantitative estimate of drug-likeness (QED) is 0.819. The van der Waals surface area contributed by atoms with Crippen LogP contribution < -0.4 is 15.0 Å². The van der Waals surface area contributed by atoms with Crippen LogP contribution >= 0.6 is 22.9 Å². The molecule has 24 heavy (non-hydrogen) atoms. The van der Waals surface area contributed by atoms with Gasteiger partial charge in [-0.15, -0.1) is 11.3 Å². The van der Waals surface area contributed by atoms with Gasteiger partial charge in [-0.05, 0) is 29.6 Å². The third-order valence-corrected chi connectivity index (χ3v) is 4.50. The number of anilines is 1. The van der Waals surface area contributed by atoms with Gasteiger partial charge in [0.25, 0.3) is 0 Å². The van der Waals surface area contributed by atoms with Crippen molar-refractivity contribution in [3.63, 3.8) is 0 Å². The standard InChI is InChI=1S/C17H19ClN2O3S/c1-12(21)20(15-10-13(18)5-6-16(15)23-2)8-7-19-17(22)11-14-4-3-9-24-14/h3-6,9-10H,7-8,11H2,1-2H3,(H,19,22). The van der Waals surface area contributed by atoms with E-state index >= 15 is 0 Å². The third kappa shape index (κ3) is 4.97. The lowest BCUT2D eigenvalue weighted by Crippen LogP contribution is -2.38. The number of carbonyl (C=O) groups excluding carboxylic acids is 2. The van der Waals surface area contributed by atoms with E-state index in [4.69, 9.17) is 16.3 Å². The molecule has 2 rings (SSSR count). The highest BCUT2D eigenvalue weighted by Crippen LogP contribution is 2.31. The first-order chi connectivity index (χ1) is 11.5. The molecular formula is C17H19ClN2O3S. The Morgan fingerprint density at radius 2 is 2.12 bits per heavy atom. The summed E-state index contributed by atoms with van der Waals surface area (Å²) in [7, 11) is 1.54. The highest BCUT2D eigenvalue weighted by Gasteiger charge is 2.17. The summed E-state index contributed by atoms with van der Waals surface area (Å²) in [5.74, 6) is 0.335. The van der Waals surface area contributed by atoms with Crippen LogP contribution in [0.4, 0.5) is 5.69 Å². The van der Waals surface area contributed by atoms with E-state index in [2.05, 4.69) is 5.32 Å². The minimum Gasteiger partial charge on any atom is -0.495 e. The van der Waals surface area contributed by atoms with Crippen molar-refractivity contribution in [2.24, 2.45) is 0 Å². The van der Waals surface area contributed by atoms with Crippen LogP contribution in [0.2, 0.25) is 5.02 Å². The Labute approximate surface area is 150 Å². The maximum absolute atomic E-state index is 12.0. The fourth-order valence-electron chi connectivity index (χ4n) is 2.26. The van der Waals surface area contributed by atoms with Crippen molar-refractivity contribution in [1.82, 2.24) is 5.32 Å². The van der Waals surface area contributed by atoms with Crippen LogP contribution in [0.25, 0.3) is 0 Å². The van der Waals surface area contributed by atoms with Crippen LogP contribution in [-0.4, -0.2) is 32.0 Å². The molecule has 5 nitrogen and oxygen atoms in total. The first-order valence-corrected chi connectivity index (χ1v) is 8.67. The zero-order valence-electron chi connectivity index (χ0n) is 13.5. The first-order valence-electron chi connectivity index (χ1n) is 7.42. The minimum atomic E-state index is -0.150. The van der Waals surface area contributed by atoms with Gasteiger partial charge in [-0.25, -0.2) is 0 Å². The maximum Gasteiger partial charge on any atom is 0.225 e. The molecule has 0 fully saturated rings. The van der Waals surface area contributed by atoms with E-state index in [0.29, 0.717) is 36.0 Å². The molecule has 1 aromatic carbocycles. The number of methoxy groups -OCH3 is 1. The number of thiophene rings is 1. The first kappa shape index (κ1) is 18.3. The van der Waals surface area contributed by atoms with Gasteiger partial charge in [0.2, 0.25) is 11.8 Å². The van der Waals surface area contributed by atoms with Crippen molar-refractivity contribution >= 4 is 40.4 Å². The van der Waals surface area contributed by atoms with Crippen molar-refractivity contribution in [3.05, 3.63) is 45.6 Å². The Kier molecular flexibility index (Phi) is 6.63. The van der Waals surface area contributed by atoms with Crippen LogP contribution in [0, 0.1) is 0 Å². The number of nitrogens with one attached hydrogen (secondary N) is 1. The molecule has 2 amide bonds. The predicted molar refractivity (Wildman–Crippen MR) is 97.1 cm³/mol. The average Bonchev–Trinajstić information content (AvgIpc) is 3.04. The molecule has 128 valence electrons. The molecule has 0 spiro atoms. The fourth-order valence-corrected chi connectivity index (χ4v) is 3.13. The molecule has 1 heterocycles. The average molecular weight is 367 g/mol. The number of benzene rings is 1. The second-order valence-corrected chi connectivity index (χ2v) is 6.56.